The van der Waals surface area contributed by atoms with Crippen molar-refractivity contribution in [1.82, 2.24) is 4.98 Å². The first-order chi connectivity index (χ1) is 11.3. The Morgan fingerprint density at radius 3 is 2.75 bits per heavy atom. The van der Waals surface area contributed by atoms with Crippen molar-refractivity contribution >= 4 is 49.9 Å². The van der Waals surface area contributed by atoms with E-state index >= 15 is 0 Å². The zero-order valence-electron chi connectivity index (χ0n) is 11.5. The van der Waals surface area contributed by atoms with Crippen LogP contribution in [0.4, 0.5) is 19.6 Å². The third-order valence-electron chi connectivity index (χ3n) is 3.04. The molecule has 6 nitrogen and oxygen atoms in total. The second-order valence-electron chi connectivity index (χ2n) is 4.63. The second-order valence-corrected chi connectivity index (χ2v) is 6.07. The van der Waals surface area contributed by atoms with Crippen LogP contribution in [-0.2, 0) is 0 Å². The fourth-order valence-electron chi connectivity index (χ4n) is 1.97. The number of nitro benzene ring substituents is 1. The van der Waals surface area contributed by atoms with Gasteiger partial charge < -0.3 is 0 Å². The summed E-state index contributed by atoms with van der Waals surface area (Å²) in [5, 5.41) is 13.2. The van der Waals surface area contributed by atoms with Gasteiger partial charge in [-0.1, -0.05) is 22.9 Å². The van der Waals surface area contributed by atoms with Crippen LogP contribution in [0.1, 0.15) is 10.4 Å². The molecule has 24 heavy (non-hydrogen) atoms. The molecule has 0 aliphatic heterocycles. The maximum atomic E-state index is 13.6. The van der Waals surface area contributed by atoms with Crippen LogP contribution in [0.5, 0.6) is 0 Å². The molecule has 0 saturated carbocycles. The van der Waals surface area contributed by atoms with Crippen LogP contribution in [0.25, 0.3) is 10.2 Å². The average Bonchev–Trinajstić information content (AvgIpc) is 2.89. The monoisotopic (exact) mass is 369 g/mol. The van der Waals surface area contributed by atoms with Gasteiger partial charge in [-0.25, -0.2) is 13.8 Å². The molecule has 0 spiro atoms. The molecule has 0 aliphatic rings. The average molecular weight is 370 g/mol. The van der Waals surface area contributed by atoms with Crippen molar-refractivity contribution in [2.75, 3.05) is 5.32 Å². The molecule has 0 atom stereocenters. The number of thiazole rings is 1. The van der Waals surface area contributed by atoms with Gasteiger partial charge in [0.25, 0.3) is 11.6 Å². The van der Waals surface area contributed by atoms with E-state index in [1.165, 1.54) is 12.1 Å². The lowest BCUT2D eigenvalue weighted by molar-refractivity contribution is -0.384. The largest absolute Gasteiger partial charge is 0.298 e. The molecule has 3 rings (SSSR count). The van der Waals surface area contributed by atoms with E-state index in [1.54, 1.807) is 0 Å². The van der Waals surface area contributed by atoms with E-state index in [4.69, 9.17) is 11.6 Å². The van der Waals surface area contributed by atoms with Gasteiger partial charge in [-0.3, -0.25) is 20.2 Å². The number of nitrogens with one attached hydrogen (secondary N) is 1. The molecule has 1 amide bonds. The van der Waals surface area contributed by atoms with Gasteiger partial charge >= 0.3 is 0 Å². The molecular formula is C14H6ClF2N3O3S. The lowest BCUT2D eigenvalue weighted by Crippen LogP contribution is -2.12. The highest BCUT2D eigenvalue weighted by Crippen LogP contribution is 2.30. The van der Waals surface area contributed by atoms with E-state index in [-0.39, 0.29) is 25.9 Å². The molecule has 122 valence electrons. The number of nitro groups is 1. The Hall–Kier alpha value is -2.65. The van der Waals surface area contributed by atoms with Crippen molar-refractivity contribution in [1.29, 1.82) is 0 Å². The number of hydrogen-bond donors (Lipinski definition) is 1. The Morgan fingerprint density at radius 2 is 2.04 bits per heavy atom. The van der Waals surface area contributed by atoms with Crippen molar-refractivity contribution < 1.29 is 18.5 Å². The van der Waals surface area contributed by atoms with Crippen LogP contribution >= 0.6 is 22.9 Å². The first-order valence-corrected chi connectivity index (χ1v) is 7.55. The molecule has 1 N–H and O–H groups in total. The lowest BCUT2D eigenvalue weighted by atomic mass is 10.2. The van der Waals surface area contributed by atoms with Gasteiger partial charge in [0, 0.05) is 17.7 Å². The lowest BCUT2D eigenvalue weighted by Gasteiger charge is -2.02. The number of halogens is 3. The van der Waals surface area contributed by atoms with E-state index in [2.05, 4.69) is 10.3 Å². The molecule has 1 heterocycles. The van der Waals surface area contributed by atoms with Crippen LogP contribution in [0.15, 0.2) is 30.3 Å². The van der Waals surface area contributed by atoms with E-state index in [1.807, 2.05) is 0 Å². The van der Waals surface area contributed by atoms with Crippen molar-refractivity contribution in [2.45, 2.75) is 0 Å². The minimum Gasteiger partial charge on any atom is -0.298 e. The summed E-state index contributed by atoms with van der Waals surface area (Å²) in [6.07, 6.45) is 0. The third kappa shape index (κ3) is 3.03. The van der Waals surface area contributed by atoms with E-state index in [0.717, 1.165) is 23.5 Å². The van der Waals surface area contributed by atoms with E-state index < -0.39 is 28.2 Å². The molecule has 2 aromatic carbocycles. The molecule has 0 bridgehead atoms. The number of hydrogen-bond acceptors (Lipinski definition) is 5. The molecule has 0 fully saturated rings. The molecule has 1 aromatic heterocycles. The molecule has 0 unspecified atom stereocenters. The minimum absolute atomic E-state index is 0.0167. The summed E-state index contributed by atoms with van der Waals surface area (Å²) in [5.74, 6) is -2.28. The summed E-state index contributed by atoms with van der Waals surface area (Å²) in [7, 11) is 0. The number of fused-ring (bicyclic) bond motifs is 1. The highest BCUT2D eigenvalue weighted by atomic mass is 35.5. The number of nitrogens with zero attached hydrogens (tertiary/aromatic N) is 2. The van der Waals surface area contributed by atoms with E-state index in [0.29, 0.717) is 6.07 Å². The zero-order valence-corrected chi connectivity index (χ0v) is 13.1. The van der Waals surface area contributed by atoms with Crippen molar-refractivity contribution in [3.8, 4) is 0 Å². The summed E-state index contributed by atoms with van der Waals surface area (Å²) >= 11 is 6.56. The number of benzene rings is 2. The van der Waals surface area contributed by atoms with Gasteiger partial charge in [0.2, 0.25) is 0 Å². The predicted octanol–water partition coefficient (Wildman–Crippen LogP) is 4.39. The van der Waals surface area contributed by atoms with Crippen LogP contribution in [0.3, 0.4) is 0 Å². The first kappa shape index (κ1) is 16.2. The van der Waals surface area contributed by atoms with Gasteiger partial charge in [-0.2, -0.15) is 0 Å². The quantitative estimate of drug-likeness (QED) is 0.548. The predicted molar refractivity (Wildman–Crippen MR) is 85.6 cm³/mol. The number of rotatable bonds is 3. The molecule has 0 aliphatic carbocycles. The second kappa shape index (κ2) is 6.10. The van der Waals surface area contributed by atoms with Gasteiger partial charge in [0.05, 0.1) is 9.62 Å². The molecule has 0 radical (unpaired) electrons. The SMILES string of the molecule is O=C(Nc1nc2c(F)cc(F)cc2s1)c1ccc(Cl)c([N+](=O)[O-])c1. The number of amides is 1. The maximum Gasteiger partial charge on any atom is 0.288 e. The van der Waals surface area contributed by atoms with Crippen molar-refractivity contribution in [3.63, 3.8) is 0 Å². The zero-order chi connectivity index (χ0) is 17.4. The van der Waals surface area contributed by atoms with Crippen LogP contribution < -0.4 is 5.32 Å². The number of carbonyl (C=O) groups is 1. The van der Waals surface area contributed by atoms with Crippen molar-refractivity contribution in [2.24, 2.45) is 0 Å². The fourth-order valence-corrected chi connectivity index (χ4v) is 3.06. The molecule has 3 aromatic rings. The van der Waals surface area contributed by atoms with Crippen LogP contribution in [-0.4, -0.2) is 15.8 Å². The standard InChI is InChI=1S/C14H6ClF2N3O3S/c15-8-2-1-6(3-10(8)20(22)23)13(21)19-14-18-12-9(17)4-7(16)5-11(12)24-14/h1-5H,(H,18,19,21). The van der Waals surface area contributed by atoms with Crippen LogP contribution in [0, 0.1) is 21.7 Å². The van der Waals surface area contributed by atoms with Gasteiger partial charge in [-0.05, 0) is 18.2 Å². The first-order valence-electron chi connectivity index (χ1n) is 6.36. The van der Waals surface area contributed by atoms with Crippen LogP contribution in [0.2, 0.25) is 5.02 Å². The maximum absolute atomic E-state index is 13.6. The molecular weight excluding hydrogens is 364 g/mol. The fraction of sp³-hybridized carbons (Fsp3) is 0. The number of carbonyl (C=O) groups excluding carboxylic acids is 1. The highest BCUT2D eigenvalue weighted by Gasteiger charge is 2.18. The summed E-state index contributed by atoms with van der Waals surface area (Å²) in [6.45, 7) is 0. The smallest absolute Gasteiger partial charge is 0.288 e. The van der Waals surface area contributed by atoms with Crippen molar-refractivity contribution in [3.05, 3.63) is 62.7 Å². The van der Waals surface area contributed by atoms with Gasteiger partial charge in [-0.15, -0.1) is 0 Å². The Balaban J connectivity index is 1.91. The third-order valence-corrected chi connectivity index (χ3v) is 4.28. The Labute approximate surface area is 141 Å². The Bertz CT molecular complexity index is 993. The summed E-state index contributed by atoms with van der Waals surface area (Å²) in [4.78, 5) is 26.2. The number of aromatic nitrogens is 1. The van der Waals surface area contributed by atoms with Gasteiger partial charge in [0.1, 0.15) is 16.4 Å². The topological polar surface area (TPSA) is 85.1 Å². The highest BCUT2D eigenvalue weighted by molar-refractivity contribution is 7.22. The summed E-state index contributed by atoms with van der Waals surface area (Å²) in [5.41, 5.74) is -0.502. The molecule has 0 saturated heterocycles. The Kier molecular flexibility index (Phi) is 4.12. The number of anilines is 1. The van der Waals surface area contributed by atoms with Gasteiger partial charge in [0.15, 0.2) is 10.9 Å². The van der Waals surface area contributed by atoms with E-state index in [9.17, 15) is 23.7 Å². The minimum atomic E-state index is -0.844. The summed E-state index contributed by atoms with van der Waals surface area (Å²) in [6, 6.07) is 5.33. The Morgan fingerprint density at radius 1 is 1.29 bits per heavy atom. The normalized spacial score (nSPS) is 10.8. The summed E-state index contributed by atoms with van der Waals surface area (Å²) < 4.78 is 27.0. The molecule has 10 heteroatoms.